The second-order valence-corrected chi connectivity index (χ2v) is 8.45. The van der Waals surface area contributed by atoms with Crippen molar-refractivity contribution in [3.05, 3.63) is 57.3 Å². The number of aliphatic hydroxyl groups is 2. The zero-order valence-corrected chi connectivity index (χ0v) is 18.6. The van der Waals surface area contributed by atoms with Crippen LogP contribution in [0.2, 0.25) is 5.02 Å². The van der Waals surface area contributed by atoms with Crippen molar-refractivity contribution in [1.29, 1.82) is 0 Å². The summed E-state index contributed by atoms with van der Waals surface area (Å²) >= 11 is 5.81. The minimum absolute atomic E-state index is 0.0171. The Balaban J connectivity index is 1.71. The van der Waals surface area contributed by atoms with E-state index in [2.05, 4.69) is 10.6 Å². The minimum Gasteiger partial charge on any atom is -0.507 e. The average Bonchev–Trinajstić information content (AvgIpc) is 3.11. The third-order valence-corrected chi connectivity index (χ3v) is 6.52. The second-order valence-electron chi connectivity index (χ2n) is 8.04. The molecular formula is C22H26ClFN4O4. The van der Waals surface area contributed by atoms with Crippen molar-refractivity contribution in [3.63, 3.8) is 0 Å². The normalized spacial score (nSPS) is 24.9. The topological polar surface area (TPSA) is 105 Å². The number of aliphatic hydroxyl groups excluding tert-OH is 2. The van der Waals surface area contributed by atoms with Crippen molar-refractivity contribution in [3.8, 4) is 0 Å². The molecule has 32 heavy (non-hydrogen) atoms. The number of amides is 2. The number of nitrogens with one attached hydrogen (secondary N) is 2. The highest BCUT2D eigenvalue weighted by Crippen LogP contribution is 2.43. The first-order chi connectivity index (χ1) is 15.3. The molecule has 0 saturated carbocycles. The summed E-state index contributed by atoms with van der Waals surface area (Å²) in [4.78, 5) is 29.4. The molecule has 3 atom stereocenters. The fourth-order valence-electron chi connectivity index (χ4n) is 4.76. The smallest absolute Gasteiger partial charge is 0.274 e. The lowest BCUT2D eigenvalue weighted by Gasteiger charge is -2.43. The van der Waals surface area contributed by atoms with Gasteiger partial charge in [-0.05, 0) is 26.0 Å². The van der Waals surface area contributed by atoms with Crippen LogP contribution in [-0.4, -0.2) is 69.6 Å². The first kappa shape index (κ1) is 22.6. The number of halogens is 2. The molecule has 4 N–H and O–H groups in total. The van der Waals surface area contributed by atoms with E-state index in [0.29, 0.717) is 31.8 Å². The van der Waals surface area contributed by atoms with Gasteiger partial charge in [0.1, 0.15) is 17.6 Å². The van der Waals surface area contributed by atoms with E-state index < -0.39 is 23.6 Å². The predicted molar refractivity (Wildman–Crippen MR) is 116 cm³/mol. The van der Waals surface area contributed by atoms with Gasteiger partial charge in [0.25, 0.3) is 11.8 Å². The summed E-state index contributed by atoms with van der Waals surface area (Å²) in [6.45, 7) is 5.17. The second kappa shape index (κ2) is 8.73. The molecule has 0 bridgehead atoms. The highest BCUT2D eigenvalue weighted by molar-refractivity contribution is 6.30. The van der Waals surface area contributed by atoms with Gasteiger partial charge in [0.15, 0.2) is 5.76 Å². The Morgan fingerprint density at radius 3 is 2.78 bits per heavy atom. The van der Waals surface area contributed by atoms with E-state index >= 15 is 0 Å². The first-order valence-corrected chi connectivity index (χ1v) is 11.1. The number of likely N-dealkylation sites (N-methyl/N-ethyl adjacent to an activating group) is 2. The summed E-state index contributed by atoms with van der Waals surface area (Å²) in [5, 5.41) is 27.5. The van der Waals surface area contributed by atoms with Crippen LogP contribution in [0, 0.1) is 5.82 Å². The third-order valence-electron chi connectivity index (χ3n) is 6.22. The molecule has 10 heteroatoms. The fraction of sp³-hybridized carbons (Fsp3) is 0.455. The van der Waals surface area contributed by atoms with Crippen LogP contribution in [0.15, 0.2) is 40.9 Å². The molecule has 3 aliphatic rings. The molecule has 2 fully saturated rings. The Hall–Kier alpha value is -2.62. The van der Waals surface area contributed by atoms with Gasteiger partial charge < -0.3 is 30.6 Å². The number of carbonyl (C=O) groups excluding carboxylic acids is 2. The van der Waals surface area contributed by atoms with Crippen LogP contribution < -0.4 is 10.6 Å². The predicted octanol–water partition coefficient (Wildman–Crippen LogP) is 1.41. The molecule has 4 rings (SSSR count). The molecular weight excluding hydrogens is 439 g/mol. The Labute approximate surface area is 190 Å². The van der Waals surface area contributed by atoms with Crippen molar-refractivity contribution < 1.29 is 24.2 Å². The van der Waals surface area contributed by atoms with E-state index in [4.69, 9.17) is 11.6 Å². The Morgan fingerprint density at radius 1 is 1.34 bits per heavy atom. The fourth-order valence-corrected chi connectivity index (χ4v) is 4.95. The largest absolute Gasteiger partial charge is 0.507 e. The maximum absolute atomic E-state index is 14.2. The molecule has 1 aromatic carbocycles. The number of nitrogens with zero attached hydrogens (tertiary/aromatic N) is 2. The number of carbonyl (C=O) groups is 2. The lowest BCUT2D eigenvalue weighted by atomic mass is 9.95. The highest BCUT2D eigenvalue weighted by Gasteiger charge is 2.52. The maximum atomic E-state index is 14.2. The van der Waals surface area contributed by atoms with Crippen LogP contribution in [-0.2, 0) is 16.1 Å². The van der Waals surface area contributed by atoms with Gasteiger partial charge in [-0.25, -0.2) is 4.39 Å². The van der Waals surface area contributed by atoms with Gasteiger partial charge >= 0.3 is 0 Å². The number of hydrogen-bond donors (Lipinski definition) is 4. The van der Waals surface area contributed by atoms with Gasteiger partial charge in [-0.3, -0.25) is 9.59 Å². The lowest BCUT2D eigenvalue weighted by Crippen LogP contribution is -2.55. The van der Waals surface area contributed by atoms with E-state index in [1.807, 2.05) is 13.8 Å². The molecule has 0 aromatic heterocycles. The molecule has 3 heterocycles. The molecule has 8 nitrogen and oxygen atoms in total. The van der Waals surface area contributed by atoms with Crippen LogP contribution in [0.5, 0.6) is 0 Å². The molecule has 0 spiro atoms. The van der Waals surface area contributed by atoms with Gasteiger partial charge in [0, 0.05) is 30.9 Å². The number of piperazine rings is 1. The Morgan fingerprint density at radius 2 is 2.09 bits per heavy atom. The van der Waals surface area contributed by atoms with Crippen LogP contribution in [0.25, 0.3) is 0 Å². The number of benzene rings is 1. The Kier molecular flexibility index (Phi) is 6.15. The lowest BCUT2D eigenvalue weighted by molar-refractivity contribution is -0.133. The standard InChI is InChI=1S/C22H26ClFN4O4/c1-3-25-14-8-12-10-27(4-2)22(32)18-20(30)19(29)15(17(14)28(12)18)21(31)26-9-11-6-5-7-13(23)16(11)24/h5-7,12,14,19,25,29-30H,3-4,8-10H2,1-2H3,(H,26,31)/t12-,14+,19?/m1/s1. The molecule has 172 valence electrons. The van der Waals surface area contributed by atoms with Gasteiger partial charge in [0.05, 0.1) is 22.7 Å². The van der Waals surface area contributed by atoms with Crippen molar-refractivity contribution in [2.75, 3.05) is 19.6 Å². The summed E-state index contributed by atoms with van der Waals surface area (Å²) in [6, 6.07) is 4.07. The van der Waals surface area contributed by atoms with Gasteiger partial charge in [-0.2, -0.15) is 0 Å². The van der Waals surface area contributed by atoms with Crippen molar-refractivity contribution in [2.45, 2.75) is 45.0 Å². The van der Waals surface area contributed by atoms with Gasteiger partial charge in [0.2, 0.25) is 0 Å². The number of rotatable bonds is 6. The number of hydrogen-bond acceptors (Lipinski definition) is 6. The SMILES string of the molecule is CCN[C@H]1C[C@@H]2CN(CC)C(=O)C3=C(O)C(O)C(C(=O)NCc4cccc(Cl)c4F)=C1N32. The van der Waals surface area contributed by atoms with E-state index in [-0.39, 0.29) is 46.4 Å². The van der Waals surface area contributed by atoms with E-state index in [1.54, 1.807) is 15.9 Å². The van der Waals surface area contributed by atoms with Gasteiger partial charge in [-0.1, -0.05) is 30.7 Å². The van der Waals surface area contributed by atoms with E-state index in [9.17, 15) is 24.2 Å². The highest BCUT2D eigenvalue weighted by atomic mass is 35.5. The molecule has 2 amide bonds. The molecule has 1 aromatic rings. The zero-order chi connectivity index (χ0) is 23.2. The monoisotopic (exact) mass is 464 g/mol. The van der Waals surface area contributed by atoms with Crippen LogP contribution in [0.3, 0.4) is 0 Å². The maximum Gasteiger partial charge on any atom is 0.274 e. The molecule has 0 aliphatic carbocycles. The Bertz CT molecular complexity index is 1030. The summed E-state index contributed by atoms with van der Waals surface area (Å²) in [6.07, 6.45) is -1.06. The van der Waals surface area contributed by atoms with Gasteiger partial charge in [-0.15, -0.1) is 0 Å². The van der Waals surface area contributed by atoms with Crippen molar-refractivity contribution >= 4 is 23.4 Å². The van der Waals surface area contributed by atoms with Crippen LogP contribution >= 0.6 is 11.6 Å². The molecule has 1 unspecified atom stereocenters. The first-order valence-electron chi connectivity index (χ1n) is 10.7. The molecule has 3 aliphatic heterocycles. The third kappa shape index (κ3) is 3.54. The summed E-state index contributed by atoms with van der Waals surface area (Å²) in [7, 11) is 0. The van der Waals surface area contributed by atoms with E-state index in [1.165, 1.54) is 12.1 Å². The average molecular weight is 465 g/mol. The van der Waals surface area contributed by atoms with E-state index in [0.717, 1.165) is 0 Å². The van der Waals surface area contributed by atoms with Crippen molar-refractivity contribution in [2.24, 2.45) is 0 Å². The zero-order valence-electron chi connectivity index (χ0n) is 17.9. The molecule has 0 radical (unpaired) electrons. The summed E-state index contributed by atoms with van der Waals surface area (Å²) in [5.74, 6) is -2.20. The van der Waals surface area contributed by atoms with Crippen LogP contribution in [0.1, 0.15) is 25.8 Å². The quantitative estimate of drug-likeness (QED) is 0.507. The van der Waals surface area contributed by atoms with Crippen molar-refractivity contribution in [1.82, 2.24) is 20.4 Å². The molecule has 2 saturated heterocycles. The van der Waals surface area contributed by atoms with Crippen LogP contribution in [0.4, 0.5) is 4.39 Å². The summed E-state index contributed by atoms with van der Waals surface area (Å²) < 4.78 is 14.2. The minimum atomic E-state index is -1.67. The summed E-state index contributed by atoms with van der Waals surface area (Å²) in [5.41, 5.74) is 0.648.